The fourth-order valence-corrected chi connectivity index (χ4v) is 1.48. The Morgan fingerprint density at radius 1 is 1.50 bits per heavy atom. The monoisotopic (exact) mass is 302 g/mol. The molecule has 0 spiro atoms. The predicted octanol–water partition coefficient (Wildman–Crippen LogP) is 2.45. The van der Waals surface area contributed by atoms with Gasteiger partial charge in [-0.2, -0.15) is 13.2 Å². The minimum atomic E-state index is -4.68. The highest BCUT2D eigenvalue weighted by atomic mass is 35.5. The van der Waals surface area contributed by atoms with Gasteiger partial charge in [0.1, 0.15) is 0 Å². The summed E-state index contributed by atoms with van der Waals surface area (Å²) in [5, 5.41) is 0. The van der Waals surface area contributed by atoms with Crippen LogP contribution in [0.3, 0.4) is 0 Å². The van der Waals surface area contributed by atoms with Crippen molar-refractivity contribution in [3.8, 4) is 0 Å². The molecule has 2 amide bonds. The van der Waals surface area contributed by atoms with Crippen LogP contribution in [0.2, 0.25) is 0 Å². The van der Waals surface area contributed by atoms with E-state index in [9.17, 15) is 18.0 Å². The van der Waals surface area contributed by atoms with Crippen LogP contribution in [0.5, 0.6) is 0 Å². The minimum Gasteiger partial charge on any atom is -0.351 e. The standard InChI is InChI=1S/C8H7Cl2F3N4O/c1-3-2-15-7(16-4(3)8(11,12)13)17(5(9)10)6(14)18/h2,5H,1H3,(H2,14,18). The molecule has 0 aliphatic heterocycles. The molecule has 0 saturated carbocycles. The number of amides is 2. The van der Waals surface area contributed by atoms with Crippen molar-refractivity contribution >= 4 is 35.2 Å². The van der Waals surface area contributed by atoms with E-state index in [1.807, 2.05) is 0 Å². The van der Waals surface area contributed by atoms with E-state index in [4.69, 9.17) is 28.9 Å². The van der Waals surface area contributed by atoms with Crippen LogP contribution in [0.15, 0.2) is 6.20 Å². The van der Waals surface area contributed by atoms with Crippen LogP contribution in [0.1, 0.15) is 11.3 Å². The largest absolute Gasteiger partial charge is 0.433 e. The smallest absolute Gasteiger partial charge is 0.351 e. The number of anilines is 1. The summed E-state index contributed by atoms with van der Waals surface area (Å²) in [6.45, 7) is 1.18. The molecular weight excluding hydrogens is 296 g/mol. The van der Waals surface area contributed by atoms with Crippen LogP contribution < -0.4 is 10.6 Å². The predicted molar refractivity (Wildman–Crippen MR) is 59.3 cm³/mol. The second kappa shape index (κ2) is 5.15. The van der Waals surface area contributed by atoms with Crippen LogP contribution in [0.25, 0.3) is 0 Å². The molecule has 5 nitrogen and oxygen atoms in total. The summed E-state index contributed by atoms with van der Waals surface area (Å²) in [5.41, 5.74) is 3.54. The second-order valence-corrected chi connectivity index (χ2v) is 4.24. The van der Waals surface area contributed by atoms with Crippen molar-refractivity contribution in [1.29, 1.82) is 0 Å². The highest BCUT2D eigenvalue weighted by Crippen LogP contribution is 2.31. The van der Waals surface area contributed by atoms with Crippen LogP contribution in [0.4, 0.5) is 23.9 Å². The molecule has 0 saturated heterocycles. The number of aromatic nitrogens is 2. The zero-order chi connectivity index (χ0) is 14.1. The number of rotatable bonds is 2. The Bertz CT molecular complexity index is 466. The summed E-state index contributed by atoms with van der Waals surface area (Å²) in [5.74, 6) is -0.615. The number of urea groups is 1. The fourth-order valence-electron chi connectivity index (χ4n) is 1.12. The van der Waals surface area contributed by atoms with Gasteiger partial charge in [-0.3, -0.25) is 0 Å². The Kier molecular flexibility index (Phi) is 4.23. The van der Waals surface area contributed by atoms with Crippen molar-refractivity contribution in [1.82, 2.24) is 9.97 Å². The van der Waals surface area contributed by atoms with Gasteiger partial charge in [-0.15, -0.1) is 0 Å². The zero-order valence-corrected chi connectivity index (χ0v) is 10.4. The van der Waals surface area contributed by atoms with Crippen molar-refractivity contribution in [3.63, 3.8) is 0 Å². The molecule has 0 radical (unpaired) electrons. The normalized spacial score (nSPS) is 11.7. The van der Waals surface area contributed by atoms with Gasteiger partial charge in [-0.25, -0.2) is 19.7 Å². The van der Waals surface area contributed by atoms with Gasteiger partial charge in [0.2, 0.25) is 5.95 Å². The molecule has 100 valence electrons. The van der Waals surface area contributed by atoms with E-state index < -0.39 is 28.8 Å². The van der Waals surface area contributed by atoms with Crippen molar-refractivity contribution < 1.29 is 18.0 Å². The van der Waals surface area contributed by atoms with Gasteiger partial charge in [0.15, 0.2) is 10.7 Å². The molecule has 18 heavy (non-hydrogen) atoms. The third kappa shape index (κ3) is 3.14. The number of primary amides is 1. The maximum Gasteiger partial charge on any atom is 0.433 e. The van der Waals surface area contributed by atoms with E-state index in [1.165, 1.54) is 6.92 Å². The number of nitrogens with two attached hydrogens (primary N) is 1. The van der Waals surface area contributed by atoms with E-state index >= 15 is 0 Å². The lowest BCUT2D eigenvalue weighted by molar-refractivity contribution is -0.141. The van der Waals surface area contributed by atoms with Gasteiger partial charge in [0.25, 0.3) is 0 Å². The van der Waals surface area contributed by atoms with Gasteiger partial charge < -0.3 is 5.73 Å². The maximum absolute atomic E-state index is 12.6. The lowest BCUT2D eigenvalue weighted by Crippen LogP contribution is -2.40. The summed E-state index contributed by atoms with van der Waals surface area (Å²) >= 11 is 10.8. The second-order valence-electron chi connectivity index (χ2n) is 3.19. The Morgan fingerprint density at radius 3 is 2.44 bits per heavy atom. The van der Waals surface area contributed by atoms with E-state index in [0.717, 1.165) is 6.20 Å². The van der Waals surface area contributed by atoms with Gasteiger partial charge in [-0.05, 0) is 12.5 Å². The molecule has 0 aliphatic rings. The summed E-state index contributed by atoms with van der Waals surface area (Å²) in [4.78, 5) is 16.7. The van der Waals surface area contributed by atoms with Crippen molar-refractivity contribution in [3.05, 3.63) is 17.5 Å². The topological polar surface area (TPSA) is 72.1 Å². The quantitative estimate of drug-likeness (QED) is 0.674. The first-order chi connectivity index (χ1) is 8.14. The summed E-state index contributed by atoms with van der Waals surface area (Å²) in [6.07, 6.45) is -3.78. The van der Waals surface area contributed by atoms with Crippen molar-refractivity contribution in [2.75, 3.05) is 4.90 Å². The SMILES string of the molecule is Cc1cnc(N(C(N)=O)C(Cl)Cl)nc1C(F)(F)F. The fraction of sp³-hybridized carbons (Fsp3) is 0.375. The highest BCUT2D eigenvalue weighted by molar-refractivity contribution is 6.46. The van der Waals surface area contributed by atoms with Crippen LogP contribution in [-0.4, -0.2) is 21.0 Å². The third-order valence-electron chi connectivity index (χ3n) is 1.88. The minimum absolute atomic E-state index is 0.198. The maximum atomic E-state index is 12.6. The first kappa shape index (κ1) is 14.8. The molecule has 1 aromatic heterocycles. The average Bonchev–Trinajstić information content (AvgIpc) is 2.17. The molecule has 0 unspecified atom stereocenters. The molecule has 0 bridgehead atoms. The molecular formula is C8H7Cl2F3N4O. The molecule has 1 rings (SSSR count). The lowest BCUT2D eigenvalue weighted by atomic mass is 10.2. The molecule has 0 aromatic carbocycles. The number of nitrogens with zero attached hydrogens (tertiary/aromatic N) is 3. The number of halogens is 5. The van der Waals surface area contributed by atoms with E-state index in [1.54, 1.807) is 0 Å². The molecule has 10 heteroatoms. The Morgan fingerprint density at radius 2 is 2.06 bits per heavy atom. The Labute approximate surface area is 110 Å². The highest BCUT2D eigenvalue weighted by Gasteiger charge is 2.36. The average molecular weight is 303 g/mol. The molecule has 1 aromatic rings. The molecule has 0 aliphatic carbocycles. The van der Waals surface area contributed by atoms with Gasteiger partial charge in [-0.1, -0.05) is 23.2 Å². The van der Waals surface area contributed by atoms with Crippen molar-refractivity contribution in [2.45, 2.75) is 18.1 Å². The van der Waals surface area contributed by atoms with Gasteiger partial charge >= 0.3 is 12.2 Å². The van der Waals surface area contributed by atoms with Crippen LogP contribution >= 0.6 is 23.2 Å². The lowest BCUT2D eigenvalue weighted by Gasteiger charge is -2.20. The molecule has 2 N–H and O–H groups in total. The van der Waals surface area contributed by atoms with Crippen molar-refractivity contribution in [2.24, 2.45) is 5.73 Å². The first-order valence-corrected chi connectivity index (χ1v) is 5.29. The van der Waals surface area contributed by atoms with E-state index in [0.29, 0.717) is 4.90 Å². The Balaban J connectivity index is 3.31. The van der Waals surface area contributed by atoms with E-state index in [2.05, 4.69) is 9.97 Å². The molecule has 0 fully saturated rings. The van der Waals surface area contributed by atoms with E-state index in [-0.39, 0.29) is 5.56 Å². The van der Waals surface area contributed by atoms with Crippen LogP contribution in [-0.2, 0) is 6.18 Å². The summed E-state index contributed by atoms with van der Waals surface area (Å²) in [6, 6.07) is -1.16. The van der Waals surface area contributed by atoms with Crippen LogP contribution in [0, 0.1) is 6.92 Å². The summed E-state index contributed by atoms with van der Waals surface area (Å²) in [7, 11) is 0. The molecule has 1 heterocycles. The van der Waals surface area contributed by atoms with Gasteiger partial charge in [0.05, 0.1) is 0 Å². The third-order valence-corrected chi connectivity index (χ3v) is 2.27. The number of carbonyl (C=O) groups is 1. The number of hydrogen-bond donors (Lipinski definition) is 1. The van der Waals surface area contributed by atoms with Gasteiger partial charge in [0, 0.05) is 6.20 Å². The number of carbonyl (C=O) groups excluding carboxylic acids is 1. The number of hydrogen-bond acceptors (Lipinski definition) is 3. The Hall–Kier alpha value is -1.28. The number of aryl methyl sites for hydroxylation is 1. The zero-order valence-electron chi connectivity index (χ0n) is 8.87. The number of alkyl halides is 5. The summed E-state index contributed by atoms with van der Waals surface area (Å²) < 4.78 is 37.8. The molecule has 0 atom stereocenters. The first-order valence-electron chi connectivity index (χ1n) is 4.42.